The zero-order valence-corrected chi connectivity index (χ0v) is 10.5. The lowest BCUT2D eigenvalue weighted by Crippen LogP contribution is -2.28. The molecule has 0 amide bonds. The minimum atomic E-state index is 0.496. The number of thioether (sulfide) groups is 1. The van der Waals surface area contributed by atoms with Crippen molar-refractivity contribution in [3.8, 4) is 0 Å². The van der Waals surface area contributed by atoms with Crippen molar-refractivity contribution in [2.45, 2.75) is 31.4 Å². The smallest absolute Gasteiger partial charge is 0.0116 e. The van der Waals surface area contributed by atoms with Crippen molar-refractivity contribution >= 4 is 24.4 Å². The van der Waals surface area contributed by atoms with Gasteiger partial charge in [0.25, 0.3) is 0 Å². The second-order valence-electron chi connectivity index (χ2n) is 4.28. The maximum absolute atomic E-state index is 4.25. The van der Waals surface area contributed by atoms with Gasteiger partial charge in [0.05, 0.1) is 0 Å². The average molecular weight is 219 g/mol. The second kappa shape index (κ2) is 5.52. The number of nitrogens with zero attached hydrogens (tertiary/aromatic N) is 1. The molecule has 0 saturated carbocycles. The van der Waals surface area contributed by atoms with E-state index in [4.69, 9.17) is 0 Å². The Morgan fingerprint density at radius 2 is 2.15 bits per heavy atom. The first-order valence-corrected chi connectivity index (χ1v) is 6.73. The van der Waals surface area contributed by atoms with Gasteiger partial charge in [-0.15, -0.1) is 0 Å². The maximum atomic E-state index is 4.25. The van der Waals surface area contributed by atoms with Crippen LogP contribution in [0.25, 0.3) is 0 Å². The molecule has 0 aromatic carbocycles. The zero-order chi connectivity index (χ0) is 9.73. The SMILES string of the molecule is CC1(C)CCN(CCCS)CCS1. The molecule has 0 bridgehead atoms. The molecule has 0 aromatic heterocycles. The van der Waals surface area contributed by atoms with Crippen LogP contribution in [0.1, 0.15) is 26.7 Å². The van der Waals surface area contributed by atoms with E-state index in [1.54, 1.807) is 0 Å². The highest BCUT2D eigenvalue weighted by Gasteiger charge is 2.22. The normalized spacial score (nSPS) is 24.2. The maximum Gasteiger partial charge on any atom is 0.0116 e. The number of thiol groups is 1. The summed E-state index contributed by atoms with van der Waals surface area (Å²) in [7, 11) is 0. The van der Waals surface area contributed by atoms with Crippen LogP contribution in [0.4, 0.5) is 0 Å². The minimum Gasteiger partial charge on any atom is -0.302 e. The third kappa shape index (κ3) is 4.61. The molecule has 13 heavy (non-hydrogen) atoms. The Morgan fingerprint density at radius 3 is 2.85 bits per heavy atom. The molecule has 0 unspecified atom stereocenters. The van der Waals surface area contributed by atoms with Crippen LogP contribution >= 0.6 is 24.4 Å². The molecule has 0 aromatic rings. The highest BCUT2D eigenvalue weighted by Crippen LogP contribution is 2.30. The van der Waals surface area contributed by atoms with Gasteiger partial charge in [0.15, 0.2) is 0 Å². The van der Waals surface area contributed by atoms with Crippen LogP contribution in [0, 0.1) is 0 Å². The van der Waals surface area contributed by atoms with Crippen molar-refractivity contribution in [1.29, 1.82) is 0 Å². The third-order valence-electron chi connectivity index (χ3n) is 2.56. The van der Waals surface area contributed by atoms with E-state index in [1.807, 2.05) is 0 Å². The lowest BCUT2D eigenvalue weighted by Gasteiger charge is -2.22. The van der Waals surface area contributed by atoms with Crippen molar-refractivity contribution in [2.24, 2.45) is 0 Å². The van der Waals surface area contributed by atoms with Crippen LogP contribution in [-0.4, -0.2) is 40.8 Å². The molecular weight excluding hydrogens is 198 g/mol. The summed E-state index contributed by atoms with van der Waals surface area (Å²) in [6.45, 7) is 8.50. The molecule has 1 aliphatic rings. The van der Waals surface area contributed by atoms with Gasteiger partial charge < -0.3 is 4.90 Å². The summed E-state index contributed by atoms with van der Waals surface area (Å²) >= 11 is 6.37. The van der Waals surface area contributed by atoms with Gasteiger partial charge in [-0.1, -0.05) is 13.8 Å². The van der Waals surface area contributed by atoms with Gasteiger partial charge in [-0.25, -0.2) is 0 Å². The Morgan fingerprint density at radius 1 is 1.38 bits per heavy atom. The fourth-order valence-corrected chi connectivity index (χ4v) is 2.86. The Kier molecular flexibility index (Phi) is 4.98. The highest BCUT2D eigenvalue weighted by atomic mass is 32.2. The van der Waals surface area contributed by atoms with E-state index >= 15 is 0 Å². The quantitative estimate of drug-likeness (QED) is 0.727. The van der Waals surface area contributed by atoms with Gasteiger partial charge in [-0.2, -0.15) is 24.4 Å². The average Bonchev–Trinajstić information content (AvgIpc) is 2.23. The summed E-state index contributed by atoms with van der Waals surface area (Å²) < 4.78 is 0.496. The molecule has 0 spiro atoms. The first-order chi connectivity index (χ1) is 6.14. The summed E-state index contributed by atoms with van der Waals surface area (Å²) in [4.78, 5) is 2.58. The summed E-state index contributed by atoms with van der Waals surface area (Å²) in [6, 6.07) is 0. The van der Waals surface area contributed by atoms with Gasteiger partial charge in [0.2, 0.25) is 0 Å². The third-order valence-corrected chi connectivity index (χ3v) is 4.25. The molecule has 1 saturated heterocycles. The molecule has 78 valence electrons. The molecular formula is C10H21NS2. The molecule has 1 fully saturated rings. The molecule has 0 N–H and O–H groups in total. The predicted molar refractivity (Wildman–Crippen MR) is 66.1 cm³/mol. The second-order valence-corrected chi connectivity index (χ2v) is 6.53. The first kappa shape index (κ1) is 11.7. The van der Waals surface area contributed by atoms with Gasteiger partial charge in [0.1, 0.15) is 0 Å². The lowest BCUT2D eigenvalue weighted by molar-refractivity contribution is 0.286. The molecule has 1 nitrogen and oxygen atoms in total. The molecule has 0 atom stereocenters. The van der Waals surface area contributed by atoms with E-state index in [1.165, 1.54) is 38.2 Å². The van der Waals surface area contributed by atoms with E-state index in [9.17, 15) is 0 Å². The van der Waals surface area contributed by atoms with Crippen LogP contribution in [0.2, 0.25) is 0 Å². The van der Waals surface area contributed by atoms with Crippen LogP contribution in [-0.2, 0) is 0 Å². The number of hydrogen-bond acceptors (Lipinski definition) is 3. The molecule has 0 radical (unpaired) electrons. The summed E-state index contributed by atoms with van der Waals surface area (Å²) in [5.41, 5.74) is 0. The van der Waals surface area contributed by atoms with Crippen molar-refractivity contribution in [3.05, 3.63) is 0 Å². The highest BCUT2D eigenvalue weighted by molar-refractivity contribution is 8.00. The Labute approximate surface area is 92.1 Å². The number of rotatable bonds is 3. The van der Waals surface area contributed by atoms with Gasteiger partial charge in [0, 0.05) is 17.0 Å². The van der Waals surface area contributed by atoms with E-state index in [0.717, 1.165) is 5.75 Å². The summed E-state index contributed by atoms with van der Waals surface area (Å²) in [6.07, 6.45) is 2.55. The van der Waals surface area contributed by atoms with E-state index in [0.29, 0.717) is 4.75 Å². The van der Waals surface area contributed by atoms with E-state index < -0.39 is 0 Å². The molecule has 1 rings (SSSR count). The Hall–Kier alpha value is 0.660. The minimum absolute atomic E-state index is 0.496. The Balaban J connectivity index is 2.28. The Bertz CT molecular complexity index is 148. The van der Waals surface area contributed by atoms with Crippen LogP contribution in [0.15, 0.2) is 0 Å². The lowest BCUT2D eigenvalue weighted by atomic mass is 10.1. The monoisotopic (exact) mass is 219 g/mol. The van der Waals surface area contributed by atoms with Crippen molar-refractivity contribution < 1.29 is 0 Å². The van der Waals surface area contributed by atoms with Gasteiger partial charge in [-0.3, -0.25) is 0 Å². The van der Waals surface area contributed by atoms with Gasteiger partial charge >= 0.3 is 0 Å². The van der Waals surface area contributed by atoms with Crippen molar-refractivity contribution in [3.63, 3.8) is 0 Å². The largest absolute Gasteiger partial charge is 0.302 e. The number of hydrogen-bond donors (Lipinski definition) is 1. The first-order valence-electron chi connectivity index (χ1n) is 5.11. The van der Waals surface area contributed by atoms with Gasteiger partial charge in [-0.05, 0) is 31.7 Å². The standard InChI is InChI=1S/C10H21NS2/c1-10(2)4-6-11(5-3-8-12)7-9-13-10/h12H,3-9H2,1-2H3. The van der Waals surface area contributed by atoms with Crippen molar-refractivity contribution in [2.75, 3.05) is 31.1 Å². The van der Waals surface area contributed by atoms with Crippen molar-refractivity contribution in [1.82, 2.24) is 4.90 Å². The van der Waals surface area contributed by atoms with Crippen LogP contribution in [0.5, 0.6) is 0 Å². The fraction of sp³-hybridized carbons (Fsp3) is 1.00. The topological polar surface area (TPSA) is 3.24 Å². The molecule has 3 heteroatoms. The summed E-state index contributed by atoms with van der Waals surface area (Å²) in [5, 5.41) is 0. The molecule has 1 aliphatic heterocycles. The fourth-order valence-electron chi connectivity index (χ4n) is 1.58. The zero-order valence-electron chi connectivity index (χ0n) is 8.75. The molecule has 0 aliphatic carbocycles. The van der Waals surface area contributed by atoms with Crippen LogP contribution in [0.3, 0.4) is 0 Å². The van der Waals surface area contributed by atoms with E-state index in [-0.39, 0.29) is 0 Å². The van der Waals surface area contributed by atoms with Crippen LogP contribution < -0.4 is 0 Å². The molecule has 1 heterocycles. The summed E-state index contributed by atoms with van der Waals surface area (Å²) in [5.74, 6) is 2.31. The predicted octanol–water partition coefficient (Wildman–Crippen LogP) is 2.52. The van der Waals surface area contributed by atoms with E-state index in [2.05, 4.69) is 43.1 Å².